The van der Waals surface area contributed by atoms with Gasteiger partial charge in [0, 0.05) is 81.4 Å². The molecular formula is C54H39N7O2. The first-order chi connectivity index (χ1) is 31.1. The molecule has 0 aliphatic carbocycles. The molecule has 6 aromatic heterocycles. The zero-order valence-corrected chi connectivity index (χ0v) is 34.6. The Kier molecular flexibility index (Phi) is 8.53. The number of aromatic nitrogens is 7. The average Bonchev–Trinajstić information content (AvgIpc) is 3.97. The third-order valence-corrected chi connectivity index (χ3v) is 12.1. The molecule has 0 amide bonds. The molecule has 0 atom stereocenters. The molecule has 0 saturated heterocycles. The monoisotopic (exact) mass is 817 g/mol. The molecule has 9 heteroatoms. The van der Waals surface area contributed by atoms with Crippen LogP contribution in [0.25, 0.3) is 83.0 Å². The minimum absolute atomic E-state index is 0.552. The SMILES string of the molecule is CCc1cc(Oc2ccc3c4ccc(Oc5cc(CC)c6c7ccccc7n(-c7ccccn7)c6c5)cc4n(-c4ncccn4)c3c2)cc2c1c1ccccc1n2-c1ccccn1. The van der Waals surface area contributed by atoms with Gasteiger partial charge in [-0.1, -0.05) is 62.4 Å². The van der Waals surface area contributed by atoms with Gasteiger partial charge in [0.15, 0.2) is 0 Å². The van der Waals surface area contributed by atoms with Gasteiger partial charge in [-0.2, -0.15) is 0 Å². The van der Waals surface area contributed by atoms with Crippen LogP contribution in [0.4, 0.5) is 0 Å². The van der Waals surface area contributed by atoms with Crippen LogP contribution in [0.15, 0.2) is 176 Å². The Labute approximate surface area is 362 Å². The summed E-state index contributed by atoms with van der Waals surface area (Å²) in [5.41, 5.74) is 8.55. The molecule has 63 heavy (non-hydrogen) atoms. The van der Waals surface area contributed by atoms with Crippen LogP contribution in [0, 0.1) is 0 Å². The van der Waals surface area contributed by atoms with E-state index in [0.29, 0.717) is 17.4 Å². The molecule has 9 nitrogen and oxygen atoms in total. The number of para-hydroxylation sites is 2. The van der Waals surface area contributed by atoms with Gasteiger partial charge in [0.2, 0.25) is 5.95 Å². The molecule has 302 valence electrons. The summed E-state index contributed by atoms with van der Waals surface area (Å²) in [5, 5.41) is 6.90. The molecular weight excluding hydrogens is 779 g/mol. The third kappa shape index (κ3) is 5.92. The second-order valence-electron chi connectivity index (χ2n) is 15.7. The van der Waals surface area contributed by atoms with Gasteiger partial charge in [-0.25, -0.2) is 19.9 Å². The predicted molar refractivity (Wildman–Crippen MR) is 252 cm³/mol. The van der Waals surface area contributed by atoms with Gasteiger partial charge in [-0.05, 0) is 103 Å². The number of benzene rings is 6. The average molecular weight is 818 g/mol. The minimum atomic E-state index is 0.552. The van der Waals surface area contributed by atoms with Crippen LogP contribution in [0.5, 0.6) is 23.0 Å². The highest BCUT2D eigenvalue weighted by atomic mass is 16.5. The van der Waals surface area contributed by atoms with Crippen molar-refractivity contribution in [3.05, 3.63) is 188 Å². The molecule has 0 fully saturated rings. The highest BCUT2D eigenvalue weighted by Crippen LogP contribution is 2.42. The van der Waals surface area contributed by atoms with E-state index in [1.54, 1.807) is 12.4 Å². The Bertz CT molecular complexity index is 3480. The van der Waals surface area contributed by atoms with E-state index in [9.17, 15) is 0 Å². The van der Waals surface area contributed by atoms with Crippen molar-refractivity contribution in [3.63, 3.8) is 0 Å². The molecule has 0 aliphatic heterocycles. The summed E-state index contributed by atoms with van der Waals surface area (Å²) in [5.74, 6) is 5.17. The van der Waals surface area contributed by atoms with Gasteiger partial charge < -0.3 is 9.47 Å². The minimum Gasteiger partial charge on any atom is -0.457 e. The number of fused-ring (bicyclic) bond motifs is 9. The summed E-state index contributed by atoms with van der Waals surface area (Å²) in [7, 11) is 0. The number of pyridine rings is 2. The zero-order valence-electron chi connectivity index (χ0n) is 34.6. The van der Waals surface area contributed by atoms with Gasteiger partial charge in [0.05, 0.1) is 33.1 Å². The Balaban J connectivity index is 0.980. The number of hydrogen-bond donors (Lipinski definition) is 0. The fraction of sp³-hybridized carbons (Fsp3) is 0.0741. The van der Waals surface area contributed by atoms with Crippen molar-refractivity contribution in [3.8, 4) is 40.6 Å². The number of hydrogen-bond acceptors (Lipinski definition) is 6. The van der Waals surface area contributed by atoms with Crippen molar-refractivity contribution < 1.29 is 9.47 Å². The van der Waals surface area contributed by atoms with E-state index >= 15 is 0 Å². The van der Waals surface area contributed by atoms with E-state index in [1.165, 1.54) is 32.7 Å². The quantitative estimate of drug-likeness (QED) is 0.144. The molecule has 0 N–H and O–H groups in total. The fourth-order valence-electron chi connectivity index (χ4n) is 9.45. The fourth-order valence-corrected chi connectivity index (χ4v) is 9.45. The first-order valence-corrected chi connectivity index (χ1v) is 21.3. The van der Waals surface area contributed by atoms with E-state index in [0.717, 1.165) is 79.8 Å². The van der Waals surface area contributed by atoms with E-state index in [-0.39, 0.29) is 0 Å². The van der Waals surface area contributed by atoms with Gasteiger partial charge in [0.25, 0.3) is 0 Å². The zero-order chi connectivity index (χ0) is 42.0. The maximum Gasteiger partial charge on any atom is 0.234 e. The third-order valence-electron chi connectivity index (χ3n) is 12.1. The Morgan fingerprint density at radius 3 is 1.27 bits per heavy atom. The van der Waals surface area contributed by atoms with Crippen molar-refractivity contribution >= 4 is 65.4 Å². The first kappa shape index (κ1) is 36.5. The highest BCUT2D eigenvalue weighted by Gasteiger charge is 2.21. The van der Waals surface area contributed by atoms with Crippen LogP contribution in [0.1, 0.15) is 25.0 Å². The van der Waals surface area contributed by atoms with E-state index in [2.05, 4.69) is 125 Å². The van der Waals surface area contributed by atoms with Crippen LogP contribution in [-0.2, 0) is 12.8 Å². The number of rotatable bonds is 9. The predicted octanol–water partition coefficient (Wildman–Crippen LogP) is 13.3. The largest absolute Gasteiger partial charge is 0.457 e. The van der Waals surface area contributed by atoms with E-state index in [4.69, 9.17) is 29.4 Å². The van der Waals surface area contributed by atoms with E-state index < -0.39 is 0 Å². The summed E-state index contributed by atoms with van der Waals surface area (Å²) < 4.78 is 20.2. The van der Waals surface area contributed by atoms with E-state index in [1.807, 2.05) is 67.0 Å². The number of ether oxygens (including phenoxy) is 2. The van der Waals surface area contributed by atoms with Crippen molar-refractivity contribution in [1.29, 1.82) is 0 Å². The van der Waals surface area contributed by atoms with Gasteiger partial charge >= 0.3 is 0 Å². The normalized spacial score (nSPS) is 11.8. The van der Waals surface area contributed by atoms with Crippen molar-refractivity contribution in [2.75, 3.05) is 0 Å². The smallest absolute Gasteiger partial charge is 0.234 e. The summed E-state index contributed by atoms with van der Waals surface area (Å²) in [6, 6.07) is 52.0. The molecule has 6 aromatic carbocycles. The van der Waals surface area contributed by atoms with Gasteiger partial charge in [-0.3, -0.25) is 13.7 Å². The molecule has 6 heterocycles. The lowest BCUT2D eigenvalue weighted by atomic mass is 10.0. The van der Waals surface area contributed by atoms with Crippen LogP contribution in [0.2, 0.25) is 0 Å². The molecule has 0 spiro atoms. The Hall–Kier alpha value is -8.30. The number of nitrogens with zero attached hydrogens (tertiary/aromatic N) is 7. The summed E-state index contributed by atoms with van der Waals surface area (Å²) in [6.07, 6.45) is 8.89. The molecule has 0 aliphatic rings. The second kappa shape index (κ2) is 14.7. The van der Waals surface area contributed by atoms with Crippen molar-refractivity contribution in [2.24, 2.45) is 0 Å². The lowest BCUT2D eigenvalue weighted by Gasteiger charge is -2.12. The van der Waals surface area contributed by atoms with Gasteiger partial charge in [-0.15, -0.1) is 0 Å². The maximum atomic E-state index is 6.81. The summed E-state index contributed by atoms with van der Waals surface area (Å²) in [4.78, 5) is 19.0. The maximum absolute atomic E-state index is 6.81. The molecule has 12 rings (SSSR count). The number of aryl methyl sites for hydroxylation is 2. The highest BCUT2D eigenvalue weighted by molar-refractivity contribution is 6.13. The Morgan fingerprint density at radius 2 is 0.810 bits per heavy atom. The molecule has 0 radical (unpaired) electrons. The Morgan fingerprint density at radius 1 is 0.365 bits per heavy atom. The summed E-state index contributed by atoms with van der Waals surface area (Å²) >= 11 is 0. The molecule has 0 saturated carbocycles. The van der Waals surface area contributed by atoms with Crippen LogP contribution in [0.3, 0.4) is 0 Å². The van der Waals surface area contributed by atoms with Crippen LogP contribution >= 0.6 is 0 Å². The van der Waals surface area contributed by atoms with Crippen LogP contribution in [-0.4, -0.2) is 33.6 Å². The summed E-state index contributed by atoms with van der Waals surface area (Å²) in [6.45, 7) is 4.38. The van der Waals surface area contributed by atoms with Crippen molar-refractivity contribution in [1.82, 2.24) is 33.6 Å². The van der Waals surface area contributed by atoms with Gasteiger partial charge in [0.1, 0.15) is 34.6 Å². The molecule has 12 aromatic rings. The molecule has 0 unspecified atom stereocenters. The second-order valence-corrected chi connectivity index (χ2v) is 15.7. The first-order valence-electron chi connectivity index (χ1n) is 21.3. The topological polar surface area (TPSA) is 84.8 Å². The van der Waals surface area contributed by atoms with Crippen LogP contribution < -0.4 is 9.47 Å². The lowest BCUT2D eigenvalue weighted by molar-refractivity contribution is 0.483. The lowest BCUT2D eigenvalue weighted by Crippen LogP contribution is -2.00. The van der Waals surface area contributed by atoms with Crippen molar-refractivity contribution in [2.45, 2.75) is 26.7 Å². The molecule has 0 bridgehead atoms. The standard InChI is InChI=1S/C54H39N7O2/c1-3-34-28-38(32-48-52(34)42-14-5-7-16-44(42)59(48)50-18-9-11-24-55-50)62-36-20-22-40-41-23-21-37(31-47(41)61(46(40)30-36)54-57-26-13-27-58-54)63-39-29-35(4-2)53-43-15-6-8-17-45(43)60(49(53)33-39)51-19-10-12-25-56-51/h5-33H,3-4H2,1-2H3.